The quantitative estimate of drug-likeness (QED) is 0.463. The zero-order valence-electron chi connectivity index (χ0n) is 16.6. The summed E-state index contributed by atoms with van der Waals surface area (Å²) in [6.07, 6.45) is 3.76. The lowest BCUT2D eigenvalue weighted by Gasteiger charge is -2.14. The average molecular weight is 409 g/mol. The van der Waals surface area contributed by atoms with E-state index in [0.29, 0.717) is 28.8 Å². The van der Waals surface area contributed by atoms with Gasteiger partial charge in [-0.15, -0.1) is 0 Å². The number of esters is 1. The number of hydrogen-bond acceptors (Lipinski definition) is 5. The first-order chi connectivity index (χ1) is 14.1. The van der Waals surface area contributed by atoms with Crippen LogP contribution in [0.5, 0.6) is 0 Å². The fourth-order valence-corrected chi connectivity index (χ4v) is 3.82. The highest BCUT2D eigenvalue weighted by molar-refractivity contribution is 8.18. The molecule has 1 aliphatic rings. The van der Waals surface area contributed by atoms with Crippen LogP contribution in [-0.4, -0.2) is 35.1 Å². The molecule has 0 N–H and O–H groups in total. The van der Waals surface area contributed by atoms with Crippen molar-refractivity contribution in [2.45, 2.75) is 26.7 Å². The Balaban J connectivity index is 1.84. The van der Waals surface area contributed by atoms with Gasteiger partial charge in [-0.1, -0.05) is 43.7 Å². The maximum Gasteiger partial charge on any atom is 0.338 e. The molecule has 0 spiro atoms. The summed E-state index contributed by atoms with van der Waals surface area (Å²) in [5, 5.41) is 0.698. The summed E-state index contributed by atoms with van der Waals surface area (Å²) in [4.78, 5) is 31.8. The molecule has 5 nitrogen and oxygen atoms in total. The third kappa shape index (κ3) is 5.35. The molecule has 2 aromatic carbocycles. The van der Waals surface area contributed by atoms with E-state index in [0.717, 1.165) is 24.1 Å². The standard InChI is InChI=1S/C23H24N2O3S/c1-3-5-15-25-21(26)20(29-23(25)24-19-9-7-6-8-10-19)16-17-11-13-18(14-12-17)22(27)28-4-2/h6-14,16H,3-5,15H2,1-2H3. The number of nitrogens with zero attached hydrogens (tertiary/aromatic N) is 2. The fourth-order valence-electron chi connectivity index (χ4n) is 2.80. The summed E-state index contributed by atoms with van der Waals surface area (Å²) < 4.78 is 5.01. The zero-order valence-corrected chi connectivity index (χ0v) is 17.4. The first-order valence-electron chi connectivity index (χ1n) is 9.74. The zero-order chi connectivity index (χ0) is 20.6. The number of hydrogen-bond donors (Lipinski definition) is 0. The number of thioether (sulfide) groups is 1. The first kappa shape index (κ1) is 20.9. The highest BCUT2D eigenvalue weighted by Crippen LogP contribution is 2.34. The van der Waals surface area contributed by atoms with Gasteiger partial charge in [0.2, 0.25) is 0 Å². The Morgan fingerprint density at radius 1 is 1.10 bits per heavy atom. The molecule has 150 valence electrons. The molecule has 1 amide bonds. The van der Waals surface area contributed by atoms with Crippen LogP contribution in [-0.2, 0) is 9.53 Å². The van der Waals surface area contributed by atoms with E-state index in [2.05, 4.69) is 11.9 Å². The molecular formula is C23H24N2O3S. The van der Waals surface area contributed by atoms with Crippen molar-refractivity contribution in [1.82, 2.24) is 4.90 Å². The molecule has 6 heteroatoms. The van der Waals surface area contributed by atoms with Crippen molar-refractivity contribution in [3.63, 3.8) is 0 Å². The van der Waals surface area contributed by atoms with Crippen molar-refractivity contribution >= 4 is 40.6 Å². The van der Waals surface area contributed by atoms with Gasteiger partial charge in [-0.05, 0) is 61.0 Å². The largest absolute Gasteiger partial charge is 0.462 e. The monoisotopic (exact) mass is 408 g/mol. The average Bonchev–Trinajstić information content (AvgIpc) is 3.02. The Labute approximate surface area is 175 Å². The number of carbonyl (C=O) groups excluding carboxylic acids is 2. The minimum atomic E-state index is -0.346. The number of unbranched alkanes of at least 4 members (excludes halogenated alkanes) is 1. The highest BCUT2D eigenvalue weighted by atomic mass is 32.2. The Morgan fingerprint density at radius 2 is 1.83 bits per heavy atom. The maximum absolute atomic E-state index is 13.0. The molecule has 1 fully saturated rings. The number of rotatable bonds is 7. The van der Waals surface area contributed by atoms with Gasteiger partial charge in [-0.2, -0.15) is 0 Å². The van der Waals surface area contributed by atoms with Gasteiger partial charge < -0.3 is 4.74 Å². The Morgan fingerprint density at radius 3 is 2.48 bits per heavy atom. The molecule has 0 saturated carbocycles. The fraction of sp³-hybridized carbons (Fsp3) is 0.261. The lowest BCUT2D eigenvalue weighted by molar-refractivity contribution is -0.122. The minimum Gasteiger partial charge on any atom is -0.462 e. The summed E-state index contributed by atoms with van der Waals surface area (Å²) in [6.45, 7) is 4.86. The molecular weight excluding hydrogens is 384 g/mol. The molecule has 1 aliphatic heterocycles. The second-order valence-corrected chi connectivity index (χ2v) is 7.50. The van der Waals surface area contributed by atoms with E-state index >= 15 is 0 Å². The second-order valence-electron chi connectivity index (χ2n) is 6.49. The van der Waals surface area contributed by atoms with Crippen molar-refractivity contribution in [1.29, 1.82) is 0 Å². The predicted molar refractivity (Wildman–Crippen MR) is 118 cm³/mol. The second kappa shape index (κ2) is 10.1. The molecule has 0 bridgehead atoms. The Bertz CT molecular complexity index is 921. The van der Waals surface area contributed by atoms with Crippen LogP contribution in [0.2, 0.25) is 0 Å². The van der Waals surface area contributed by atoms with Crippen molar-refractivity contribution in [3.05, 3.63) is 70.6 Å². The predicted octanol–water partition coefficient (Wildman–Crippen LogP) is 5.27. The highest BCUT2D eigenvalue weighted by Gasteiger charge is 2.32. The third-order valence-corrected chi connectivity index (χ3v) is 5.33. The molecule has 1 saturated heterocycles. The van der Waals surface area contributed by atoms with Gasteiger partial charge in [-0.3, -0.25) is 9.69 Å². The van der Waals surface area contributed by atoms with Crippen LogP contribution in [0.4, 0.5) is 5.69 Å². The molecule has 29 heavy (non-hydrogen) atoms. The minimum absolute atomic E-state index is 0.0346. The number of amidine groups is 1. The number of ether oxygens (including phenoxy) is 1. The van der Waals surface area contributed by atoms with E-state index in [1.54, 1.807) is 24.0 Å². The van der Waals surface area contributed by atoms with Crippen LogP contribution in [0.15, 0.2) is 64.5 Å². The van der Waals surface area contributed by atoms with Gasteiger partial charge >= 0.3 is 5.97 Å². The molecule has 0 unspecified atom stereocenters. The van der Waals surface area contributed by atoms with Crippen molar-refractivity contribution < 1.29 is 14.3 Å². The summed E-state index contributed by atoms with van der Waals surface area (Å²) in [5.74, 6) is -0.381. The lowest BCUT2D eigenvalue weighted by Crippen LogP contribution is -2.30. The van der Waals surface area contributed by atoms with E-state index < -0.39 is 0 Å². The molecule has 0 aliphatic carbocycles. The topological polar surface area (TPSA) is 59.0 Å². The van der Waals surface area contributed by atoms with E-state index in [-0.39, 0.29) is 11.9 Å². The molecule has 2 aromatic rings. The molecule has 3 rings (SSSR count). The lowest BCUT2D eigenvalue weighted by atomic mass is 10.1. The van der Waals surface area contributed by atoms with Crippen LogP contribution in [0, 0.1) is 0 Å². The van der Waals surface area contributed by atoms with Crippen LogP contribution in [0.3, 0.4) is 0 Å². The van der Waals surface area contributed by atoms with Gasteiger partial charge in [0.1, 0.15) is 0 Å². The summed E-state index contributed by atoms with van der Waals surface area (Å²) in [5.41, 5.74) is 2.17. The number of amides is 1. The number of benzene rings is 2. The van der Waals surface area contributed by atoms with Crippen LogP contribution < -0.4 is 0 Å². The third-order valence-electron chi connectivity index (χ3n) is 4.32. The number of aliphatic imine (C=N–C) groups is 1. The van der Waals surface area contributed by atoms with Gasteiger partial charge in [0.15, 0.2) is 5.17 Å². The molecule has 0 aromatic heterocycles. The van der Waals surface area contributed by atoms with Crippen molar-refractivity contribution in [3.8, 4) is 0 Å². The van der Waals surface area contributed by atoms with Crippen LogP contribution >= 0.6 is 11.8 Å². The summed E-state index contributed by atoms with van der Waals surface area (Å²) >= 11 is 1.38. The normalized spacial score (nSPS) is 16.6. The number of para-hydroxylation sites is 1. The van der Waals surface area contributed by atoms with Crippen molar-refractivity contribution in [2.24, 2.45) is 4.99 Å². The maximum atomic E-state index is 13.0. The molecule has 0 atom stereocenters. The smallest absolute Gasteiger partial charge is 0.338 e. The van der Waals surface area contributed by atoms with Gasteiger partial charge in [0.25, 0.3) is 5.91 Å². The summed E-state index contributed by atoms with van der Waals surface area (Å²) in [7, 11) is 0. The van der Waals surface area contributed by atoms with Gasteiger partial charge in [-0.25, -0.2) is 9.79 Å². The molecule has 0 radical (unpaired) electrons. The number of carbonyl (C=O) groups is 2. The van der Waals surface area contributed by atoms with Crippen LogP contribution in [0.1, 0.15) is 42.6 Å². The summed E-state index contributed by atoms with van der Waals surface area (Å²) in [6, 6.07) is 16.7. The van der Waals surface area contributed by atoms with Crippen molar-refractivity contribution in [2.75, 3.05) is 13.2 Å². The van der Waals surface area contributed by atoms with E-state index in [1.807, 2.05) is 48.5 Å². The molecule has 1 heterocycles. The van der Waals surface area contributed by atoms with E-state index in [4.69, 9.17) is 4.74 Å². The van der Waals surface area contributed by atoms with Gasteiger partial charge in [0.05, 0.1) is 22.8 Å². The SMILES string of the molecule is CCCCN1C(=O)C(=Cc2ccc(C(=O)OCC)cc2)SC1=Nc1ccccc1. The van der Waals surface area contributed by atoms with Gasteiger partial charge in [0, 0.05) is 6.54 Å². The Kier molecular flexibility index (Phi) is 7.25. The van der Waals surface area contributed by atoms with E-state index in [1.165, 1.54) is 11.8 Å². The van der Waals surface area contributed by atoms with E-state index in [9.17, 15) is 9.59 Å². The Hall–Kier alpha value is -2.86. The first-order valence-corrected chi connectivity index (χ1v) is 10.6. The van der Waals surface area contributed by atoms with Crippen LogP contribution in [0.25, 0.3) is 6.08 Å².